The molecule has 0 radical (unpaired) electrons. The van der Waals surface area contributed by atoms with Gasteiger partial charge in [-0.05, 0) is 53.8 Å². The zero-order valence-corrected chi connectivity index (χ0v) is 16.6. The molecule has 0 fully saturated rings. The molecule has 5 aromatic rings. The highest BCUT2D eigenvalue weighted by atomic mass is 16.3. The third-order valence-electron chi connectivity index (χ3n) is 5.21. The lowest BCUT2D eigenvalue weighted by molar-refractivity contribution is 0.616. The van der Waals surface area contributed by atoms with E-state index in [1.165, 1.54) is 5.56 Å². The Hall–Kier alpha value is -3.46. The Morgan fingerprint density at radius 3 is 2.59 bits per heavy atom. The monoisotopic (exact) mass is 378 g/mol. The second kappa shape index (κ2) is 7.17. The SMILES string of the molecule is CC(C)Cc1ccc2c(-c3cc(-c4ccccc4)ccn3)cc3ccoc3c2n1. The van der Waals surface area contributed by atoms with Crippen molar-refractivity contribution in [2.75, 3.05) is 0 Å². The van der Waals surface area contributed by atoms with Gasteiger partial charge in [0.1, 0.15) is 5.52 Å². The normalized spacial score (nSPS) is 11.6. The van der Waals surface area contributed by atoms with E-state index in [0.717, 1.165) is 50.8 Å². The Morgan fingerprint density at radius 1 is 0.897 bits per heavy atom. The van der Waals surface area contributed by atoms with E-state index in [9.17, 15) is 0 Å². The molecule has 5 rings (SSSR count). The lowest BCUT2D eigenvalue weighted by atomic mass is 9.98. The molecule has 3 nitrogen and oxygen atoms in total. The van der Waals surface area contributed by atoms with Gasteiger partial charge in [0.05, 0.1) is 12.0 Å². The standard InChI is InChI=1S/C26H22N2O/c1-17(2)14-21-8-9-22-23(15-20-11-13-29-26(20)25(22)28-21)24-16-19(10-12-27-24)18-6-4-3-5-7-18/h3-13,15-17H,14H2,1-2H3. The van der Waals surface area contributed by atoms with Gasteiger partial charge in [-0.1, -0.05) is 50.2 Å². The van der Waals surface area contributed by atoms with E-state index >= 15 is 0 Å². The van der Waals surface area contributed by atoms with Crippen LogP contribution in [0.25, 0.3) is 44.3 Å². The molecule has 0 N–H and O–H groups in total. The molecule has 142 valence electrons. The van der Waals surface area contributed by atoms with Gasteiger partial charge in [-0.3, -0.25) is 4.98 Å². The van der Waals surface area contributed by atoms with Crippen molar-refractivity contribution in [2.45, 2.75) is 20.3 Å². The first-order chi connectivity index (χ1) is 14.2. The van der Waals surface area contributed by atoms with Gasteiger partial charge < -0.3 is 4.42 Å². The average molecular weight is 378 g/mol. The summed E-state index contributed by atoms with van der Waals surface area (Å²) in [5, 5.41) is 2.12. The molecule has 3 heteroatoms. The zero-order chi connectivity index (χ0) is 19.8. The highest BCUT2D eigenvalue weighted by Gasteiger charge is 2.14. The molecule has 0 aliphatic carbocycles. The van der Waals surface area contributed by atoms with Crippen LogP contribution in [-0.4, -0.2) is 9.97 Å². The number of pyridine rings is 2. The third kappa shape index (κ3) is 3.29. The summed E-state index contributed by atoms with van der Waals surface area (Å²) in [6, 6.07) is 23.0. The highest BCUT2D eigenvalue weighted by molar-refractivity contribution is 6.09. The van der Waals surface area contributed by atoms with Crippen LogP contribution >= 0.6 is 0 Å². The van der Waals surface area contributed by atoms with Gasteiger partial charge >= 0.3 is 0 Å². The molecule has 0 aliphatic rings. The van der Waals surface area contributed by atoms with Gasteiger partial charge in [-0.25, -0.2) is 4.98 Å². The quantitative estimate of drug-likeness (QED) is 0.341. The van der Waals surface area contributed by atoms with Gasteiger partial charge in [0.2, 0.25) is 0 Å². The van der Waals surface area contributed by atoms with E-state index < -0.39 is 0 Å². The van der Waals surface area contributed by atoms with E-state index in [4.69, 9.17) is 9.40 Å². The van der Waals surface area contributed by atoms with Gasteiger partial charge in [0, 0.05) is 28.2 Å². The first-order valence-electron chi connectivity index (χ1n) is 10.0. The average Bonchev–Trinajstić information content (AvgIpc) is 3.22. The molecule has 29 heavy (non-hydrogen) atoms. The van der Waals surface area contributed by atoms with Crippen molar-refractivity contribution in [3.63, 3.8) is 0 Å². The molecule has 0 aliphatic heterocycles. The Kier molecular flexibility index (Phi) is 4.36. The van der Waals surface area contributed by atoms with Gasteiger partial charge in [0.25, 0.3) is 0 Å². The van der Waals surface area contributed by atoms with Crippen LogP contribution in [0.1, 0.15) is 19.5 Å². The van der Waals surface area contributed by atoms with E-state index in [0.29, 0.717) is 5.92 Å². The molecule has 0 unspecified atom stereocenters. The number of nitrogens with zero attached hydrogens (tertiary/aromatic N) is 2. The summed E-state index contributed by atoms with van der Waals surface area (Å²) in [4.78, 5) is 9.65. The Morgan fingerprint density at radius 2 is 1.76 bits per heavy atom. The molecule has 3 aromatic heterocycles. The topological polar surface area (TPSA) is 38.9 Å². The predicted molar refractivity (Wildman–Crippen MR) is 119 cm³/mol. The van der Waals surface area contributed by atoms with Gasteiger partial charge in [0.15, 0.2) is 5.58 Å². The number of aromatic nitrogens is 2. The summed E-state index contributed by atoms with van der Waals surface area (Å²) in [7, 11) is 0. The molecular weight excluding hydrogens is 356 g/mol. The number of rotatable bonds is 4. The smallest absolute Gasteiger partial charge is 0.160 e. The number of hydrogen-bond donors (Lipinski definition) is 0. The molecule has 0 spiro atoms. The van der Waals surface area contributed by atoms with E-state index in [1.54, 1.807) is 6.26 Å². The van der Waals surface area contributed by atoms with Gasteiger partial charge in [-0.2, -0.15) is 0 Å². The van der Waals surface area contributed by atoms with Crippen LogP contribution < -0.4 is 0 Å². The van der Waals surface area contributed by atoms with Crippen LogP contribution in [0, 0.1) is 5.92 Å². The molecule has 0 amide bonds. The summed E-state index contributed by atoms with van der Waals surface area (Å²) in [6.45, 7) is 4.42. The van der Waals surface area contributed by atoms with Crippen molar-refractivity contribution in [3.8, 4) is 22.4 Å². The summed E-state index contributed by atoms with van der Waals surface area (Å²) < 4.78 is 5.79. The fourth-order valence-electron chi connectivity index (χ4n) is 3.88. The minimum atomic E-state index is 0.555. The maximum absolute atomic E-state index is 5.79. The molecule has 0 atom stereocenters. The Bertz CT molecular complexity index is 1300. The number of hydrogen-bond acceptors (Lipinski definition) is 3. The zero-order valence-electron chi connectivity index (χ0n) is 16.6. The summed E-state index contributed by atoms with van der Waals surface area (Å²) in [5.41, 5.74) is 7.20. The summed E-state index contributed by atoms with van der Waals surface area (Å²) in [6.07, 6.45) is 4.56. The van der Waals surface area contributed by atoms with Crippen molar-refractivity contribution in [2.24, 2.45) is 5.92 Å². The lowest BCUT2D eigenvalue weighted by Crippen LogP contribution is -1.98. The van der Waals surface area contributed by atoms with Crippen LogP contribution in [0.2, 0.25) is 0 Å². The van der Waals surface area contributed by atoms with E-state index in [-0.39, 0.29) is 0 Å². The molecule has 2 aromatic carbocycles. The molecule has 0 saturated heterocycles. The Balaban J connectivity index is 1.72. The Labute approximate surface area is 170 Å². The molecule has 0 bridgehead atoms. The number of fused-ring (bicyclic) bond motifs is 3. The van der Waals surface area contributed by atoms with Crippen LogP contribution in [0.4, 0.5) is 0 Å². The van der Waals surface area contributed by atoms with Crippen molar-refractivity contribution >= 4 is 21.9 Å². The second-order valence-corrected chi connectivity index (χ2v) is 7.86. The lowest BCUT2D eigenvalue weighted by Gasteiger charge is -2.11. The van der Waals surface area contributed by atoms with Crippen molar-refractivity contribution in [1.82, 2.24) is 9.97 Å². The first-order valence-corrected chi connectivity index (χ1v) is 10.0. The van der Waals surface area contributed by atoms with Crippen molar-refractivity contribution in [3.05, 3.63) is 84.9 Å². The van der Waals surface area contributed by atoms with Crippen LogP contribution in [0.3, 0.4) is 0 Å². The van der Waals surface area contributed by atoms with Crippen LogP contribution in [0.5, 0.6) is 0 Å². The molecule has 0 saturated carbocycles. The summed E-state index contributed by atoms with van der Waals surface area (Å²) >= 11 is 0. The predicted octanol–water partition coefficient (Wildman–Crippen LogP) is 6.91. The number of furan rings is 1. The van der Waals surface area contributed by atoms with E-state index in [2.05, 4.69) is 73.4 Å². The number of benzene rings is 2. The summed E-state index contributed by atoms with van der Waals surface area (Å²) in [5.74, 6) is 0.555. The van der Waals surface area contributed by atoms with Crippen molar-refractivity contribution in [1.29, 1.82) is 0 Å². The van der Waals surface area contributed by atoms with Gasteiger partial charge in [-0.15, -0.1) is 0 Å². The van der Waals surface area contributed by atoms with Crippen LogP contribution in [-0.2, 0) is 6.42 Å². The molecular formula is C26H22N2O. The highest BCUT2D eigenvalue weighted by Crippen LogP contribution is 2.35. The van der Waals surface area contributed by atoms with Crippen molar-refractivity contribution < 1.29 is 4.42 Å². The minimum Gasteiger partial charge on any atom is -0.462 e. The van der Waals surface area contributed by atoms with Crippen LogP contribution in [0.15, 0.2) is 83.6 Å². The first kappa shape index (κ1) is 17.6. The maximum Gasteiger partial charge on any atom is 0.160 e. The third-order valence-corrected chi connectivity index (χ3v) is 5.21. The fourth-order valence-corrected chi connectivity index (χ4v) is 3.88. The fraction of sp³-hybridized carbons (Fsp3) is 0.154. The largest absolute Gasteiger partial charge is 0.462 e. The maximum atomic E-state index is 5.79. The minimum absolute atomic E-state index is 0.555. The second-order valence-electron chi connectivity index (χ2n) is 7.86. The molecule has 3 heterocycles. The van der Waals surface area contributed by atoms with E-state index in [1.807, 2.05) is 18.3 Å².